The van der Waals surface area contributed by atoms with Gasteiger partial charge in [-0.05, 0) is 59.4 Å². The molecule has 1 saturated heterocycles. The fraction of sp³-hybridized carbons (Fsp3) is 0.629. The minimum atomic E-state index is -1.10. The number of aromatic nitrogens is 1. The molecule has 1 aromatic heterocycles. The van der Waals surface area contributed by atoms with Gasteiger partial charge in [-0.2, -0.15) is 0 Å². The number of ether oxygens (including phenoxy) is 1. The monoisotopic (exact) mass is 701 g/mol. The van der Waals surface area contributed by atoms with Crippen molar-refractivity contribution in [2.24, 2.45) is 5.92 Å². The van der Waals surface area contributed by atoms with E-state index in [-0.39, 0.29) is 24.9 Å². The van der Waals surface area contributed by atoms with Crippen LogP contribution in [0.1, 0.15) is 65.8 Å². The normalized spacial score (nSPS) is 17.5. The lowest BCUT2D eigenvalue weighted by Gasteiger charge is -2.43. The van der Waals surface area contributed by atoms with Gasteiger partial charge in [-0.25, -0.2) is 9.59 Å². The van der Waals surface area contributed by atoms with E-state index in [1.807, 2.05) is 69.9 Å². The van der Waals surface area contributed by atoms with E-state index in [1.54, 1.807) is 39.5 Å². The van der Waals surface area contributed by atoms with Crippen LogP contribution in [0.25, 0.3) is 0 Å². The summed E-state index contributed by atoms with van der Waals surface area (Å²) in [5.74, 6) is -0.949. The summed E-state index contributed by atoms with van der Waals surface area (Å²) in [6.07, 6.45) is 0.412. The van der Waals surface area contributed by atoms with Crippen LogP contribution in [0, 0.1) is 5.92 Å². The van der Waals surface area contributed by atoms with Crippen LogP contribution in [0.4, 0.5) is 9.59 Å². The first-order valence-electron chi connectivity index (χ1n) is 16.8. The molecule has 0 radical (unpaired) electrons. The van der Waals surface area contributed by atoms with Crippen LogP contribution in [0.2, 0.25) is 0 Å². The molecule has 0 saturated carbocycles. The zero-order valence-electron chi connectivity index (χ0n) is 30.4. The van der Waals surface area contributed by atoms with Crippen LogP contribution in [-0.4, -0.2) is 117 Å². The summed E-state index contributed by atoms with van der Waals surface area (Å²) < 4.78 is 5.59. The fourth-order valence-corrected chi connectivity index (χ4v) is 6.08. The Bertz CT molecular complexity index is 1380. The number of carbonyl (C=O) groups is 4. The van der Waals surface area contributed by atoms with Crippen molar-refractivity contribution in [3.05, 3.63) is 52.5 Å². The van der Waals surface area contributed by atoms with E-state index in [1.165, 1.54) is 21.1 Å². The first-order valence-corrected chi connectivity index (χ1v) is 17.7. The number of hydrogen-bond donors (Lipinski definition) is 4. The molecule has 0 bridgehead atoms. The van der Waals surface area contributed by atoms with Gasteiger partial charge in [0, 0.05) is 49.8 Å². The number of aliphatic hydroxyl groups is 1. The standard InChI is InChI=1S/C35H55N7O6S/c1-23(2)29(38-32(46)40(9)19-25-18-36-22-49-25)31(45)37-26(17-24-13-11-10-12-14-24)28(43)21-41-15-16-42(33(47)48-35(6,7)8)20-27(41)30(44)39-34(3,4)5/h10-14,18,22-23,26-29,43H,15-17,19-21H2,1-9H3,(H,37,45)(H,38,46)(H,39,44)/t26-,27-,28-,29-/m0/s1. The minimum absolute atomic E-state index is 0.0540. The van der Waals surface area contributed by atoms with Gasteiger partial charge in [0.2, 0.25) is 11.8 Å². The molecule has 3 rings (SSSR count). The Labute approximate surface area is 294 Å². The average Bonchev–Trinajstić information content (AvgIpc) is 3.51. The molecule has 4 atom stereocenters. The van der Waals surface area contributed by atoms with E-state index >= 15 is 0 Å². The van der Waals surface area contributed by atoms with Gasteiger partial charge in [0.05, 0.1) is 24.2 Å². The second-order valence-electron chi connectivity index (χ2n) is 15.0. The molecule has 0 spiro atoms. The molecule has 0 aliphatic carbocycles. The number of nitrogens with one attached hydrogen (secondary N) is 3. The predicted molar refractivity (Wildman–Crippen MR) is 190 cm³/mol. The zero-order chi connectivity index (χ0) is 36.5. The largest absolute Gasteiger partial charge is 0.444 e. The van der Waals surface area contributed by atoms with Crippen molar-refractivity contribution in [2.45, 2.75) is 104 Å². The minimum Gasteiger partial charge on any atom is -0.444 e. The van der Waals surface area contributed by atoms with Crippen LogP contribution in [-0.2, 0) is 27.3 Å². The van der Waals surface area contributed by atoms with Crippen molar-refractivity contribution >= 4 is 35.3 Å². The van der Waals surface area contributed by atoms with Crippen LogP contribution in [0.3, 0.4) is 0 Å². The highest BCUT2D eigenvalue weighted by atomic mass is 32.1. The molecule has 2 heterocycles. The molecule has 2 aromatic rings. The van der Waals surface area contributed by atoms with Crippen molar-refractivity contribution in [2.75, 3.05) is 33.2 Å². The Balaban J connectivity index is 1.80. The molecule has 0 unspecified atom stereocenters. The van der Waals surface area contributed by atoms with Gasteiger partial charge >= 0.3 is 12.1 Å². The highest BCUT2D eigenvalue weighted by Gasteiger charge is 2.39. The number of nitrogens with zero attached hydrogens (tertiary/aromatic N) is 4. The topological polar surface area (TPSA) is 156 Å². The highest BCUT2D eigenvalue weighted by Crippen LogP contribution is 2.19. The lowest BCUT2D eigenvalue weighted by Crippen LogP contribution is -2.64. The van der Waals surface area contributed by atoms with Gasteiger partial charge in [-0.3, -0.25) is 19.5 Å². The SMILES string of the molecule is CC(C)[C@H](NC(=O)N(C)Cc1cncs1)C(=O)N[C@@H](Cc1ccccc1)[C@@H](O)CN1CCN(C(=O)OC(C)(C)C)C[C@H]1C(=O)NC(C)(C)C. The maximum absolute atomic E-state index is 13.8. The van der Waals surface area contributed by atoms with E-state index < -0.39 is 53.4 Å². The van der Waals surface area contributed by atoms with Crippen molar-refractivity contribution in [1.82, 2.24) is 35.6 Å². The molecular weight excluding hydrogens is 646 g/mol. The van der Waals surface area contributed by atoms with E-state index in [9.17, 15) is 24.3 Å². The van der Waals surface area contributed by atoms with Crippen LogP contribution >= 0.6 is 11.3 Å². The molecule has 49 heavy (non-hydrogen) atoms. The van der Waals surface area contributed by atoms with Crippen LogP contribution in [0.15, 0.2) is 42.0 Å². The summed E-state index contributed by atoms with van der Waals surface area (Å²) in [5, 5.41) is 20.7. The number of β-amino-alcohol motifs (C(OH)–C–C–N with tert-alkyl or cyclic N) is 1. The maximum atomic E-state index is 13.8. The summed E-state index contributed by atoms with van der Waals surface area (Å²) in [7, 11) is 1.65. The van der Waals surface area contributed by atoms with Crippen LogP contribution in [0.5, 0.6) is 0 Å². The predicted octanol–water partition coefficient (Wildman–Crippen LogP) is 3.23. The molecule has 5 amide bonds. The third kappa shape index (κ3) is 12.9. The Kier molecular flexibility index (Phi) is 14.0. The molecular formula is C35H55N7O6S. The molecule has 272 valence electrons. The number of benzene rings is 1. The van der Waals surface area contributed by atoms with Crippen molar-refractivity contribution in [3.8, 4) is 0 Å². The number of carbonyl (C=O) groups excluding carboxylic acids is 4. The molecule has 14 heteroatoms. The number of hydrogen-bond acceptors (Lipinski definition) is 9. The maximum Gasteiger partial charge on any atom is 0.410 e. The van der Waals surface area contributed by atoms with Gasteiger partial charge in [0.15, 0.2) is 0 Å². The van der Waals surface area contributed by atoms with Crippen molar-refractivity contribution in [3.63, 3.8) is 0 Å². The van der Waals surface area contributed by atoms with E-state index in [2.05, 4.69) is 20.9 Å². The van der Waals surface area contributed by atoms with Crippen molar-refractivity contribution in [1.29, 1.82) is 0 Å². The Morgan fingerprint density at radius 1 is 1.06 bits per heavy atom. The smallest absolute Gasteiger partial charge is 0.410 e. The van der Waals surface area contributed by atoms with Gasteiger partial charge in [0.25, 0.3) is 0 Å². The molecule has 13 nitrogen and oxygen atoms in total. The summed E-state index contributed by atoms with van der Waals surface area (Å²) in [6.45, 7) is 15.8. The molecule has 4 N–H and O–H groups in total. The number of aliphatic hydroxyl groups excluding tert-OH is 1. The third-order valence-corrected chi connectivity index (χ3v) is 8.67. The number of rotatable bonds is 12. The van der Waals surface area contributed by atoms with Crippen LogP contribution < -0.4 is 16.0 Å². The van der Waals surface area contributed by atoms with Crippen molar-refractivity contribution < 1.29 is 29.0 Å². The first kappa shape index (κ1) is 39.7. The Hall–Kier alpha value is -3.75. The number of amides is 5. The quantitative estimate of drug-likeness (QED) is 0.263. The summed E-state index contributed by atoms with van der Waals surface area (Å²) >= 11 is 1.44. The molecule has 1 aliphatic heterocycles. The first-order chi connectivity index (χ1) is 22.8. The van der Waals surface area contributed by atoms with E-state index in [0.29, 0.717) is 26.1 Å². The Morgan fingerprint density at radius 2 is 1.73 bits per heavy atom. The van der Waals surface area contributed by atoms with Gasteiger partial charge < -0.3 is 35.6 Å². The third-order valence-electron chi connectivity index (χ3n) is 7.91. The summed E-state index contributed by atoms with van der Waals surface area (Å²) in [4.78, 5) is 63.3. The lowest BCUT2D eigenvalue weighted by molar-refractivity contribution is -0.132. The zero-order valence-corrected chi connectivity index (χ0v) is 31.2. The average molecular weight is 702 g/mol. The second kappa shape index (κ2) is 17.3. The number of urea groups is 1. The van der Waals surface area contributed by atoms with Gasteiger partial charge in [-0.15, -0.1) is 11.3 Å². The molecule has 1 aliphatic rings. The summed E-state index contributed by atoms with van der Waals surface area (Å²) in [6, 6.07) is 6.71. The van der Waals surface area contributed by atoms with E-state index in [0.717, 1.165) is 10.4 Å². The van der Waals surface area contributed by atoms with E-state index in [4.69, 9.17) is 4.74 Å². The fourth-order valence-electron chi connectivity index (χ4n) is 5.43. The second-order valence-corrected chi connectivity index (χ2v) is 16.0. The number of thiazole rings is 1. The van der Waals surface area contributed by atoms with Gasteiger partial charge in [0.1, 0.15) is 17.7 Å². The lowest BCUT2D eigenvalue weighted by atomic mass is 9.97. The summed E-state index contributed by atoms with van der Waals surface area (Å²) in [5.41, 5.74) is 1.38. The highest BCUT2D eigenvalue weighted by molar-refractivity contribution is 7.09. The Morgan fingerprint density at radius 3 is 2.31 bits per heavy atom. The molecule has 1 aromatic carbocycles. The number of piperazine rings is 1. The van der Waals surface area contributed by atoms with Gasteiger partial charge in [-0.1, -0.05) is 44.2 Å². The molecule has 1 fully saturated rings.